The number of allylic oxidation sites excluding steroid dienone is 3. The van der Waals surface area contributed by atoms with Gasteiger partial charge in [-0.1, -0.05) is 0 Å². The highest BCUT2D eigenvalue weighted by Crippen LogP contribution is 2.18. The zero-order valence-electron chi connectivity index (χ0n) is 16.4. The van der Waals surface area contributed by atoms with Crippen molar-refractivity contribution in [2.45, 2.75) is 0 Å². The van der Waals surface area contributed by atoms with Crippen LogP contribution in [0.1, 0.15) is 15.9 Å². The van der Waals surface area contributed by atoms with Crippen molar-refractivity contribution in [2.24, 2.45) is 5.73 Å². The SMILES string of the molecule is CN1CCN(c2ccc(C(=O)N/C(C=O)=C/C(=C\N)c3ccncc3)cc2)CC1. The number of hydrogen-bond donors (Lipinski definition) is 2. The van der Waals surface area contributed by atoms with Crippen molar-refractivity contribution >= 4 is 23.5 Å². The molecule has 0 spiro atoms. The van der Waals surface area contributed by atoms with Crippen molar-refractivity contribution in [3.05, 3.63) is 77.9 Å². The highest BCUT2D eigenvalue weighted by Gasteiger charge is 2.15. The van der Waals surface area contributed by atoms with Crippen LogP contribution >= 0.6 is 0 Å². The van der Waals surface area contributed by atoms with Crippen LogP contribution in [0, 0.1) is 0 Å². The van der Waals surface area contributed by atoms with Crippen molar-refractivity contribution < 1.29 is 9.59 Å². The molecule has 7 nitrogen and oxygen atoms in total. The van der Waals surface area contributed by atoms with Gasteiger partial charge in [-0.2, -0.15) is 0 Å². The number of amides is 1. The third-order valence-corrected chi connectivity index (χ3v) is 4.89. The number of rotatable bonds is 6. The number of aldehydes is 1. The molecule has 1 aromatic carbocycles. The van der Waals surface area contributed by atoms with Gasteiger partial charge in [-0.05, 0) is 60.7 Å². The summed E-state index contributed by atoms with van der Waals surface area (Å²) in [5.74, 6) is -0.348. The monoisotopic (exact) mass is 391 g/mol. The van der Waals surface area contributed by atoms with Crippen LogP contribution in [0.15, 0.2) is 66.8 Å². The molecule has 0 radical (unpaired) electrons. The van der Waals surface area contributed by atoms with E-state index in [4.69, 9.17) is 5.73 Å². The normalized spacial score (nSPS) is 15.8. The number of anilines is 1. The van der Waals surface area contributed by atoms with Crippen molar-refractivity contribution in [3.63, 3.8) is 0 Å². The molecule has 1 saturated heterocycles. The second kappa shape index (κ2) is 9.66. The predicted octanol–water partition coefficient (Wildman–Crippen LogP) is 1.65. The molecular weight excluding hydrogens is 366 g/mol. The lowest BCUT2D eigenvalue weighted by Gasteiger charge is -2.34. The molecule has 7 heteroatoms. The second-order valence-electron chi connectivity index (χ2n) is 6.87. The smallest absolute Gasteiger partial charge is 0.255 e. The summed E-state index contributed by atoms with van der Waals surface area (Å²) in [6, 6.07) is 11.0. The van der Waals surface area contributed by atoms with E-state index in [1.165, 1.54) is 6.20 Å². The molecule has 1 amide bonds. The van der Waals surface area contributed by atoms with E-state index >= 15 is 0 Å². The van der Waals surface area contributed by atoms with E-state index in [0.717, 1.165) is 37.4 Å². The first-order valence-electron chi connectivity index (χ1n) is 9.45. The van der Waals surface area contributed by atoms with Crippen molar-refractivity contribution in [2.75, 3.05) is 38.1 Å². The first kappa shape index (κ1) is 20.3. The van der Waals surface area contributed by atoms with E-state index in [1.54, 1.807) is 42.7 Å². The van der Waals surface area contributed by atoms with Crippen LogP contribution < -0.4 is 16.0 Å². The minimum Gasteiger partial charge on any atom is -0.404 e. The number of nitrogens with two attached hydrogens (primary N) is 1. The van der Waals surface area contributed by atoms with Gasteiger partial charge in [-0.25, -0.2) is 0 Å². The average molecular weight is 391 g/mol. The van der Waals surface area contributed by atoms with E-state index in [2.05, 4.69) is 27.1 Å². The number of aromatic nitrogens is 1. The van der Waals surface area contributed by atoms with Gasteiger partial charge in [0.15, 0.2) is 6.29 Å². The third-order valence-electron chi connectivity index (χ3n) is 4.89. The lowest BCUT2D eigenvalue weighted by molar-refractivity contribution is -0.105. The van der Waals surface area contributed by atoms with E-state index < -0.39 is 0 Å². The fourth-order valence-electron chi connectivity index (χ4n) is 3.13. The Hall–Kier alpha value is -3.45. The number of hydrogen-bond acceptors (Lipinski definition) is 6. The summed E-state index contributed by atoms with van der Waals surface area (Å²) in [7, 11) is 2.11. The fraction of sp³-hybridized carbons (Fsp3) is 0.227. The lowest BCUT2D eigenvalue weighted by atomic mass is 10.1. The van der Waals surface area contributed by atoms with Gasteiger partial charge < -0.3 is 20.9 Å². The summed E-state index contributed by atoms with van der Waals surface area (Å²) in [5.41, 5.74) is 8.80. The van der Waals surface area contributed by atoms with E-state index in [-0.39, 0.29) is 11.6 Å². The molecule has 0 bridgehead atoms. The molecule has 1 aromatic heterocycles. The maximum Gasteiger partial charge on any atom is 0.255 e. The Morgan fingerprint density at radius 3 is 2.28 bits per heavy atom. The number of nitrogens with one attached hydrogen (secondary N) is 1. The van der Waals surface area contributed by atoms with E-state index in [1.807, 2.05) is 12.1 Å². The van der Waals surface area contributed by atoms with Crippen LogP contribution in [0.2, 0.25) is 0 Å². The number of piperazine rings is 1. The third kappa shape index (κ3) is 5.30. The standard InChI is InChI=1S/C22H25N5O2/c1-26-10-12-27(13-11-26)21-4-2-18(3-5-21)22(29)25-20(16-28)14-19(15-23)17-6-8-24-9-7-17/h2-9,14-16H,10-13,23H2,1H3,(H,25,29)/b19-15+,20-14+. The molecule has 150 valence electrons. The minimum absolute atomic E-state index is 0.131. The summed E-state index contributed by atoms with van der Waals surface area (Å²) >= 11 is 0. The summed E-state index contributed by atoms with van der Waals surface area (Å²) in [5, 5.41) is 2.64. The van der Waals surface area contributed by atoms with Gasteiger partial charge in [0, 0.05) is 56.0 Å². The Balaban J connectivity index is 1.68. The molecule has 0 saturated carbocycles. The molecule has 1 fully saturated rings. The van der Waals surface area contributed by atoms with Gasteiger partial charge in [-0.15, -0.1) is 0 Å². The fourth-order valence-corrected chi connectivity index (χ4v) is 3.13. The highest BCUT2D eigenvalue weighted by molar-refractivity contribution is 5.99. The lowest BCUT2D eigenvalue weighted by Crippen LogP contribution is -2.44. The molecule has 3 N–H and O–H groups in total. The number of likely N-dealkylation sites (N-methyl/N-ethyl adjacent to an activating group) is 1. The van der Waals surface area contributed by atoms with Gasteiger partial charge in [0.2, 0.25) is 0 Å². The summed E-state index contributed by atoms with van der Waals surface area (Å²) in [4.78, 5) is 32.6. The Morgan fingerprint density at radius 2 is 1.69 bits per heavy atom. The van der Waals surface area contributed by atoms with E-state index in [0.29, 0.717) is 17.4 Å². The predicted molar refractivity (Wildman–Crippen MR) is 114 cm³/mol. The Bertz CT molecular complexity index is 899. The van der Waals surface area contributed by atoms with Gasteiger partial charge in [0.25, 0.3) is 5.91 Å². The minimum atomic E-state index is -0.348. The summed E-state index contributed by atoms with van der Waals surface area (Å²) in [6.45, 7) is 3.96. The first-order chi connectivity index (χ1) is 14.1. The van der Waals surface area contributed by atoms with Crippen molar-refractivity contribution in [1.82, 2.24) is 15.2 Å². The second-order valence-corrected chi connectivity index (χ2v) is 6.87. The maximum absolute atomic E-state index is 12.6. The molecule has 2 aromatic rings. The van der Waals surface area contributed by atoms with Crippen LogP contribution in [0.3, 0.4) is 0 Å². The van der Waals surface area contributed by atoms with Gasteiger partial charge in [0.1, 0.15) is 0 Å². The van der Waals surface area contributed by atoms with Crippen molar-refractivity contribution in [1.29, 1.82) is 0 Å². The first-order valence-corrected chi connectivity index (χ1v) is 9.45. The van der Waals surface area contributed by atoms with Crippen LogP contribution in [0.25, 0.3) is 5.57 Å². The number of benzene rings is 1. The highest BCUT2D eigenvalue weighted by atomic mass is 16.2. The molecule has 0 unspecified atom stereocenters. The van der Waals surface area contributed by atoms with Gasteiger partial charge in [0.05, 0.1) is 5.70 Å². The van der Waals surface area contributed by atoms with Crippen LogP contribution in [-0.4, -0.2) is 55.3 Å². The number of pyridine rings is 1. The molecule has 3 rings (SSSR count). The van der Waals surface area contributed by atoms with Crippen LogP contribution in [0.5, 0.6) is 0 Å². The summed E-state index contributed by atoms with van der Waals surface area (Å²) < 4.78 is 0. The van der Waals surface area contributed by atoms with Gasteiger partial charge >= 0.3 is 0 Å². The zero-order chi connectivity index (χ0) is 20.6. The molecule has 1 aliphatic heterocycles. The quantitative estimate of drug-likeness (QED) is 0.442. The number of carbonyl (C=O) groups excluding carboxylic acids is 2. The van der Waals surface area contributed by atoms with Crippen LogP contribution in [0.4, 0.5) is 5.69 Å². The topological polar surface area (TPSA) is 91.6 Å². The molecule has 29 heavy (non-hydrogen) atoms. The van der Waals surface area contributed by atoms with Crippen LogP contribution in [-0.2, 0) is 4.79 Å². The number of nitrogens with zero attached hydrogens (tertiary/aromatic N) is 3. The molecule has 0 aliphatic carbocycles. The number of carbonyl (C=O) groups is 2. The Morgan fingerprint density at radius 1 is 1.03 bits per heavy atom. The molecule has 0 atom stereocenters. The van der Waals surface area contributed by atoms with Gasteiger partial charge in [-0.3, -0.25) is 14.6 Å². The Labute approximate surface area is 170 Å². The zero-order valence-corrected chi connectivity index (χ0v) is 16.4. The van der Waals surface area contributed by atoms with E-state index in [9.17, 15) is 9.59 Å². The Kier molecular flexibility index (Phi) is 6.76. The maximum atomic E-state index is 12.6. The van der Waals surface area contributed by atoms with Crippen molar-refractivity contribution in [3.8, 4) is 0 Å². The molecule has 2 heterocycles. The molecular formula is C22H25N5O2. The largest absolute Gasteiger partial charge is 0.404 e. The summed E-state index contributed by atoms with van der Waals surface area (Å²) in [6.07, 6.45) is 6.79. The average Bonchev–Trinajstić information content (AvgIpc) is 2.77. The molecule has 1 aliphatic rings.